The van der Waals surface area contributed by atoms with Gasteiger partial charge >= 0.3 is 0 Å². The minimum atomic E-state index is -2.51. The molecule has 0 atom stereocenters. The van der Waals surface area contributed by atoms with Crippen molar-refractivity contribution in [3.05, 3.63) is 35.4 Å². The highest BCUT2D eigenvalue weighted by Crippen LogP contribution is 2.03. The summed E-state index contributed by atoms with van der Waals surface area (Å²) in [6.45, 7) is 1.23. The average Bonchev–Trinajstić information content (AvgIpc) is 2.14. The Bertz CT molecular complexity index is 326. The lowest BCUT2D eigenvalue weighted by Gasteiger charge is -2.04. The van der Waals surface area contributed by atoms with Gasteiger partial charge in [-0.3, -0.25) is 4.79 Å². The van der Waals surface area contributed by atoms with Crippen LogP contribution < -0.4 is 5.32 Å². The second-order valence-electron chi connectivity index (χ2n) is 2.97. The molecule has 2 nitrogen and oxygen atoms in total. The lowest BCUT2D eigenvalue weighted by Crippen LogP contribution is -2.28. The van der Waals surface area contributed by atoms with Gasteiger partial charge in [-0.2, -0.15) is 0 Å². The van der Waals surface area contributed by atoms with Crippen LogP contribution in [0.15, 0.2) is 24.3 Å². The summed E-state index contributed by atoms with van der Waals surface area (Å²) in [7, 11) is 0. The number of nitrogens with one attached hydrogen (secondary N) is 1. The highest BCUT2D eigenvalue weighted by molar-refractivity contribution is 5.94. The van der Waals surface area contributed by atoms with Gasteiger partial charge < -0.3 is 5.32 Å². The third-order valence-electron chi connectivity index (χ3n) is 1.70. The van der Waals surface area contributed by atoms with E-state index in [1.807, 2.05) is 13.0 Å². The SMILES string of the molecule is Cc1cccc(C(=O)NCC(F)F)c1. The minimum Gasteiger partial charge on any atom is -0.346 e. The number of halogens is 2. The smallest absolute Gasteiger partial charge is 0.255 e. The number of amides is 1. The van der Waals surface area contributed by atoms with Crippen molar-refractivity contribution < 1.29 is 13.6 Å². The second kappa shape index (κ2) is 4.69. The Morgan fingerprint density at radius 3 is 2.79 bits per heavy atom. The first kappa shape index (κ1) is 10.6. The zero-order valence-electron chi connectivity index (χ0n) is 7.76. The summed E-state index contributed by atoms with van der Waals surface area (Å²) in [4.78, 5) is 11.3. The molecular formula is C10H11F2NO. The molecule has 0 unspecified atom stereocenters. The molecule has 4 heteroatoms. The van der Waals surface area contributed by atoms with Gasteiger partial charge in [-0.25, -0.2) is 8.78 Å². The number of carbonyl (C=O) groups excluding carboxylic acids is 1. The summed E-state index contributed by atoms with van der Waals surface area (Å²) < 4.78 is 23.6. The monoisotopic (exact) mass is 199 g/mol. The van der Waals surface area contributed by atoms with Crippen molar-refractivity contribution in [1.82, 2.24) is 5.32 Å². The maximum atomic E-state index is 11.8. The molecule has 1 aromatic carbocycles. The Morgan fingerprint density at radius 1 is 1.50 bits per heavy atom. The van der Waals surface area contributed by atoms with Gasteiger partial charge in [0.2, 0.25) is 0 Å². The lowest BCUT2D eigenvalue weighted by molar-refractivity contribution is 0.0891. The summed E-state index contributed by atoms with van der Waals surface area (Å²) in [5.74, 6) is -0.464. The Hall–Kier alpha value is -1.45. The van der Waals surface area contributed by atoms with Crippen LogP contribution in [0.2, 0.25) is 0 Å². The van der Waals surface area contributed by atoms with Gasteiger partial charge in [-0.15, -0.1) is 0 Å². The fourth-order valence-corrected chi connectivity index (χ4v) is 1.06. The second-order valence-corrected chi connectivity index (χ2v) is 2.97. The normalized spacial score (nSPS) is 10.3. The first-order valence-electron chi connectivity index (χ1n) is 4.22. The van der Waals surface area contributed by atoms with E-state index in [0.29, 0.717) is 5.56 Å². The molecular weight excluding hydrogens is 188 g/mol. The standard InChI is InChI=1S/C10H11F2NO/c1-7-3-2-4-8(5-7)10(14)13-6-9(11)12/h2-5,9H,6H2,1H3,(H,13,14). The van der Waals surface area contributed by atoms with Crippen LogP contribution in [0.5, 0.6) is 0 Å². The fraction of sp³-hybridized carbons (Fsp3) is 0.300. The van der Waals surface area contributed by atoms with E-state index in [1.54, 1.807) is 18.2 Å². The maximum Gasteiger partial charge on any atom is 0.255 e. The summed E-state index contributed by atoms with van der Waals surface area (Å²) in [5.41, 5.74) is 1.33. The molecule has 0 saturated carbocycles. The maximum absolute atomic E-state index is 11.8. The first-order valence-corrected chi connectivity index (χ1v) is 4.22. The number of alkyl halides is 2. The number of rotatable bonds is 3. The van der Waals surface area contributed by atoms with Gasteiger partial charge in [0, 0.05) is 5.56 Å². The molecule has 0 aliphatic rings. The molecule has 76 valence electrons. The molecule has 0 aliphatic carbocycles. The molecule has 0 fully saturated rings. The largest absolute Gasteiger partial charge is 0.346 e. The summed E-state index contributed by atoms with van der Waals surface area (Å²) in [6, 6.07) is 6.80. The van der Waals surface area contributed by atoms with Crippen molar-refractivity contribution in [2.75, 3.05) is 6.54 Å². The van der Waals surface area contributed by atoms with E-state index >= 15 is 0 Å². The van der Waals surface area contributed by atoms with Crippen molar-refractivity contribution in [3.63, 3.8) is 0 Å². The minimum absolute atomic E-state index is 0.408. The van der Waals surface area contributed by atoms with Crippen LogP contribution in [0.4, 0.5) is 8.78 Å². The van der Waals surface area contributed by atoms with Gasteiger partial charge in [-0.05, 0) is 19.1 Å². The predicted molar refractivity (Wildman–Crippen MR) is 49.5 cm³/mol. The van der Waals surface area contributed by atoms with Crippen LogP contribution in [0.3, 0.4) is 0 Å². The van der Waals surface area contributed by atoms with Gasteiger partial charge in [-0.1, -0.05) is 17.7 Å². The summed E-state index contributed by atoms with van der Waals surface area (Å²) in [5, 5.41) is 2.14. The van der Waals surface area contributed by atoms with Crippen molar-refractivity contribution in [3.8, 4) is 0 Å². The van der Waals surface area contributed by atoms with Crippen molar-refractivity contribution >= 4 is 5.91 Å². The Kier molecular flexibility index (Phi) is 3.56. The lowest BCUT2D eigenvalue weighted by atomic mass is 10.1. The van der Waals surface area contributed by atoms with Crippen LogP contribution in [0.25, 0.3) is 0 Å². The molecule has 0 bridgehead atoms. The zero-order chi connectivity index (χ0) is 10.6. The van der Waals surface area contributed by atoms with E-state index in [9.17, 15) is 13.6 Å². The number of hydrogen-bond donors (Lipinski definition) is 1. The zero-order valence-corrected chi connectivity index (χ0v) is 7.76. The van der Waals surface area contributed by atoms with Crippen LogP contribution >= 0.6 is 0 Å². The average molecular weight is 199 g/mol. The third-order valence-corrected chi connectivity index (χ3v) is 1.70. The molecule has 0 aliphatic heterocycles. The molecule has 0 radical (unpaired) electrons. The molecule has 1 amide bonds. The van der Waals surface area contributed by atoms with Crippen molar-refractivity contribution in [2.45, 2.75) is 13.3 Å². The van der Waals surface area contributed by atoms with Crippen LogP contribution in [0, 0.1) is 6.92 Å². The van der Waals surface area contributed by atoms with Gasteiger partial charge in [0.05, 0.1) is 6.54 Å². The number of benzene rings is 1. The number of hydrogen-bond acceptors (Lipinski definition) is 1. The topological polar surface area (TPSA) is 29.1 Å². The number of aryl methyl sites for hydroxylation is 1. The van der Waals surface area contributed by atoms with Crippen LogP contribution in [0.1, 0.15) is 15.9 Å². The van der Waals surface area contributed by atoms with E-state index in [-0.39, 0.29) is 0 Å². The Morgan fingerprint density at radius 2 is 2.21 bits per heavy atom. The molecule has 1 N–H and O–H groups in total. The quantitative estimate of drug-likeness (QED) is 0.792. The highest BCUT2D eigenvalue weighted by atomic mass is 19.3. The van der Waals surface area contributed by atoms with E-state index in [2.05, 4.69) is 5.32 Å². The highest BCUT2D eigenvalue weighted by Gasteiger charge is 2.08. The van der Waals surface area contributed by atoms with E-state index in [0.717, 1.165) is 5.56 Å². The van der Waals surface area contributed by atoms with Crippen molar-refractivity contribution in [1.29, 1.82) is 0 Å². The number of carbonyl (C=O) groups is 1. The first-order chi connectivity index (χ1) is 6.59. The van der Waals surface area contributed by atoms with E-state index < -0.39 is 18.9 Å². The molecule has 0 aromatic heterocycles. The molecule has 1 rings (SSSR count). The summed E-state index contributed by atoms with van der Waals surface area (Å²) >= 11 is 0. The Labute approximate surface area is 80.9 Å². The molecule has 0 heterocycles. The van der Waals surface area contributed by atoms with Gasteiger partial charge in [0.25, 0.3) is 12.3 Å². The van der Waals surface area contributed by atoms with Gasteiger partial charge in [0.1, 0.15) is 0 Å². The van der Waals surface area contributed by atoms with Gasteiger partial charge in [0.15, 0.2) is 0 Å². The fourth-order valence-electron chi connectivity index (χ4n) is 1.06. The molecule has 0 saturated heterocycles. The Balaban J connectivity index is 2.61. The summed E-state index contributed by atoms with van der Waals surface area (Å²) in [6.07, 6.45) is -2.51. The van der Waals surface area contributed by atoms with Crippen molar-refractivity contribution in [2.24, 2.45) is 0 Å². The molecule has 1 aromatic rings. The third kappa shape index (κ3) is 3.12. The predicted octanol–water partition coefficient (Wildman–Crippen LogP) is 1.99. The molecule has 14 heavy (non-hydrogen) atoms. The van der Waals surface area contributed by atoms with Crippen LogP contribution in [-0.4, -0.2) is 18.9 Å². The molecule has 0 spiro atoms. The van der Waals surface area contributed by atoms with E-state index in [1.165, 1.54) is 0 Å². The van der Waals surface area contributed by atoms with E-state index in [4.69, 9.17) is 0 Å². The van der Waals surface area contributed by atoms with Crippen LogP contribution in [-0.2, 0) is 0 Å².